The molecule has 15 heavy (non-hydrogen) atoms. The van der Waals surface area contributed by atoms with Crippen LogP contribution in [0.4, 0.5) is 10.1 Å². The summed E-state index contributed by atoms with van der Waals surface area (Å²) in [6.45, 7) is 2.14. The van der Waals surface area contributed by atoms with Crippen LogP contribution < -0.4 is 4.31 Å². The molecule has 0 saturated carbocycles. The summed E-state index contributed by atoms with van der Waals surface area (Å²) in [6, 6.07) is 3.00. The van der Waals surface area contributed by atoms with Gasteiger partial charge in [-0.2, -0.15) is 0 Å². The summed E-state index contributed by atoms with van der Waals surface area (Å²) in [6.07, 6.45) is 1.60. The van der Waals surface area contributed by atoms with Gasteiger partial charge in [0.25, 0.3) is 0 Å². The van der Waals surface area contributed by atoms with E-state index < -0.39 is 10.0 Å². The van der Waals surface area contributed by atoms with Crippen molar-refractivity contribution in [1.82, 2.24) is 0 Å². The second-order valence-electron chi connectivity index (χ2n) is 3.78. The van der Waals surface area contributed by atoms with E-state index >= 15 is 0 Å². The van der Waals surface area contributed by atoms with E-state index in [2.05, 4.69) is 0 Å². The summed E-state index contributed by atoms with van der Waals surface area (Å²) in [7, 11) is -3.29. The number of nitrogens with zero attached hydrogens (tertiary/aromatic N) is 1. The Morgan fingerprint density at radius 3 is 2.67 bits per heavy atom. The highest BCUT2D eigenvalue weighted by atomic mass is 32.2. The number of halogens is 1. The smallest absolute Gasteiger partial charge is 0.232 e. The van der Waals surface area contributed by atoms with Crippen molar-refractivity contribution in [2.75, 3.05) is 17.1 Å². The van der Waals surface area contributed by atoms with E-state index in [1.807, 2.05) is 0 Å². The Morgan fingerprint density at radius 1 is 1.40 bits per heavy atom. The molecule has 0 aliphatic carbocycles. The quantitative estimate of drug-likeness (QED) is 0.731. The maximum absolute atomic E-state index is 13.4. The van der Waals surface area contributed by atoms with Gasteiger partial charge in [-0.05, 0) is 25.0 Å². The minimum Gasteiger partial charge on any atom is -0.269 e. The molecular formula is C10H12FNO2S. The van der Waals surface area contributed by atoms with Gasteiger partial charge in [-0.3, -0.25) is 4.31 Å². The van der Waals surface area contributed by atoms with E-state index in [1.165, 1.54) is 10.4 Å². The average molecular weight is 229 g/mol. The lowest BCUT2D eigenvalue weighted by Crippen LogP contribution is -2.28. The Morgan fingerprint density at radius 2 is 2.07 bits per heavy atom. The van der Waals surface area contributed by atoms with Gasteiger partial charge in [-0.15, -0.1) is 0 Å². The van der Waals surface area contributed by atoms with Crippen LogP contribution in [0.2, 0.25) is 0 Å². The summed E-state index contributed by atoms with van der Waals surface area (Å²) in [4.78, 5) is 0. The van der Waals surface area contributed by atoms with Crippen LogP contribution in [0.25, 0.3) is 0 Å². The summed E-state index contributed by atoms with van der Waals surface area (Å²) in [5, 5.41) is 0. The van der Waals surface area contributed by atoms with Gasteiger partial charge in [0.2, 0.25) is 10.0 Å². The van der Waals surface area contributed by atoms with Gasteiger partial charge in [0.05, 0.1) is 11.9 Å². The molecule has 0 N–H and O–H groups in total. The highest BCUT2D eigenvalue weighted by Gasteiger charge is 2.29. The van der Waals surface area contributed by atoms with Crippen molar-refractivity contribution in [1.29, 1.82) is 0 Å². The molecule has 1 heterocycles. The van der Waals surface area contributed by atoms with Crippen LogP contribution in [0.15, 0.2) is 12.1 Å². The fraction of sp³-hybridized carbons (Fsp3) is 0.400. The standard InChI is InChI=1S/C10H12FNO2S/c1-7-3-4-9(11)8-5-6-12(10(7)8)15(2,13)14/h3-4H,5-6H2,1-2H3. The molecule has 3 nitrogen and oxygen atoms in total. The Labute approximate surface area is 88.6 Å². The number of aryl methyl sites for hydroxylation is 1. The van der Waals surface area contributed by atoms with Crippen molar-refractivity contribution < 1.29 is 12.8 Å². The number of rotatable bonds is 1. The van der Waals surface area contributed by atoms with E-state index in [0.717, 1.165) is 11.8 Å². The summed E-state index contributed by atoms with van der Waals surface area (Å²) < 4.78 is 37.6. The molecule has 0 bridgehead atoms. The molecule has 0 amide bonds. The molecular weight excluding hydrogens is 217 g/mol. The molecule has 0 saturated heterocycles. The minimum absolute atomic E-state index is 0.318. The molecule has 82 valence electrons. The van der Waals surface area contributed by atoms with E-state index in [-0.39, 0.29) is 5.82 Å². The van der Waals surface area contributed by atoms with Gasteiger partial charge in [0.1, 0.15) is 5.82 Å². The fourth-order valence-corrected chi connectivity index (χ4v) is 2.98. The van der Waals surface area contributed by atoms with E-state index in [4.69, 9.17) is 0 Å². The van der Waals surface area contributed by atoms with Crippen LogP contribution in [0.3, 0.4) is 0 Å². The van der Waals surface area contributed by atoms with Gasteiger partial charge in [0, 0.05) is 12.1 Å². The first-order valence-electron chi connectivity index (χ1n) is 4.67. The second kappa shape index (κ2) is 3.20. The van der Waals surface area contributed by atoms with Crippen molar-refractivity contribution in [2.45, 2.75) is 13.3 Å². The largest absolute Gasteiger partial charge is 0.269 e. The molecule has 0 unspecified atom stereocenters. The van der Waals surface area contributed by atoms with Crippen LogP contribution in [0.5, 0.6) is 0 Å². The van der Waals surface area contributed by atoms with Gasteiger partial charge in [0.15, 0.2) is 0 Å². The van der Waals surface area contributed by atoms with Gasteiger partial charge in [-0.25, -0.2) is 12.8 Å². The van der Waals surface area contributed by atoms with E-state index in [0.29, 0.717) is 24.2 Å². The van der Waals surface area contributed by atoms with Crippen LogP contribution >= 0.6 is 0 Å². The number of benzene rings is 1. The molecule has 1 aliphatic rings. The zero-order valence-corrected chi connectivity index (χ0v) is 9.44. The van der Waals surface area contributed by atoms with E-state index in [1.54, 1.807) is 13.0 Å². The second-order valence-corrected chi connectivity index (χ2v) is 5.68. The van der Waals surface area contributed by atoms with Crippen LogP contribution in [0, 0.1) is 12.7 Å². The molecule has 0 aromatic heterocycles. The van der Waals surface area contributed by atoms with Crippen LogP contribution in [-0.2, 0) is 16.4 Å². The third-order valence-electron chi connectivity index (χ3n) is 2.64. The topological polar surface area (TPSA) is 37.4 Å². The number of hydrogen-bond acceptors (Lipinski definition) is 2. The summed E-state index contributed by atoms with van der Waals surface area (Å²) >= 11 is 0. The third-order valence-corrected chi connectivity index (χ3v) is 3.81. The molecule has 0 radical (unpaired) electrons. The fourth-order valence-electron chi connectivity index (χ4n) is 1.97. The molecule has 1 aromatic carbocycles. The first kappa shape index (κ1) is 10.4. The predicted octanol–water partition coefficient (Wildman–Crippen LogP) is 1.46. The normalized spacial score (nSPS) is 15.5. The Balaban J connectivity index is 2.65. The molecule has 0 atom stereocenters. The highest BCUT2D eigenvalue weighted by molar-refractivity contribution is 7.92. The maximum atomic E-state index is 13.4. The Bertz CT molecular complexity index is 510. The lowest BCUT2D eigenvalue weighted by Gasteiger charge is -2.18. The Kier molecular flexibility index (Phi) is 2.22. The summed E-state index contributed by atoms with van der Waals surface area (Å²) in [5.41, 5.74) is 1.84. The third kappa shape index (κ3) is 1.61. The highest BCUT2D eigenvalue weighted by Crippen LogP contribution is 2.34. The number of anilines is 1. The van der Waals surface area contributed by atoms with Crippen molar-refractivity contribution in [2.24, 2.45) is 0 Å². The van der Waals surface area contributed by atoms with Crippen LogP contribution in [0.1, 0.15) is 11.1 Å². The molecule has 5 heteroatoms. The number of fused-ring (bicyclic) bond motifs is 1. The molecule has 1 aromatic rings. The van der Waals surface area contributed by atoms with Crippen molar-refractivity contribution in [3.63, 3.8) is 0 Å². The minimum atomic E-state index is -3.29. The van der Waals surface area contributed by atoms with Crippen LogP contribution in [-0.4, -0.2) is 21.2 Å². The van der Waals surface area contributed by atoms with Crippen molar-refractivity contribution in [3.8, 4) is 0 Å². The summed E-state index contributed by atoms with van der Waals surface area (Å²) in [5.74, 6) is -0.318. The molecule has 0 fully saturated rings. The first-order valence-corrected chi connectivity index (χ1v) is 6.52. The lowest BCUT2D eigenvalue weighted by atomic mass is 10.1. The monoisotopic (exact) mass is 229 g/mol. The molecule has 1 aliphatic heterocycles. The maximum Gasteiger partial charge on any atom is 0.232 e. The SMILES string of the molecule is Cc1ccc(F)c2c1N(S(C)(=O)=O)CC2. The van der Waals surface area contributed by atoms with E-state index in [9.17, 15) is 12.8 Å². The Hall–Kier alpha value is -1.10. The van der Waals surface area contributed by atoms with Gasteiger partial charge in [-0.1, -0.05) is 6.07 Å². The number of sulfonamides is 1. The predicted molar refractivity (Wildman–Crippen MR) is 57.0 cm³/mol. The average Bonchev–Trinajstić information content (AvgIpc) is 2.55. The molecule has 2 rings (SSSR count). The zero-order valence-electron chi connectivity index (χ0n) is 8.62. The van der Waals surface area contributed by atoms with Crippen molar-refractivity contribution >= 4 is 15.7 Å². The lowest BCUT2D eigenvalue weighted by molar-refractivity contribution is 0.598. The number of hydrogen-bond donors (Lipinski definition) is 0. The first-order chi connectivity index (χ1) is 6.91. The zero-order chi connectivity index (χ0) is 11.2. The van der Waals surface area contributed by atoms with Gasteiger partial charge < -0.3 is 0 Å². The van der Waals surface area contributed by atoms with Crippen molar-refractivity contribution in [3.05, 3.63) is 29.1 Å². The van der Waals surface area contributed by atoms with Gasteiger partial charge >= 0.3 is 0 Å². The molecule has 0 spiro atoms.